The fourth-order valence-corrected chi connectivity index (χ4v) is 6.44. The molecular weight excluding hydrogens is 561 g/mol. The highest BCUT2D eigenvalue weighted by molar-refractivity contribution is 7.92. The van der Waals surface area contributed by atoms with Crippen molar-refractivity contribution < 1.29 is 17.6 Å². The van der Waals surface area contributed by atoms with Gasteiger partial charge < -0.3 is 10.2 Å². The number of aryl methyl sites for hydroxylation is 1. The molecule has 12 heteroatoms. The molecule has 1 fully saturated rings. The van der Waals surface area contributed by atoms with Crippen molar-refractivity contribution in [2.75, 3.05) is 48.9 Å². The van der Waals surface area contributed by atoms with E-state index in [0.29, 0.717) is 17.8 Å². The Morgan fingerprint density at radius 1 is 1.00 bits per heavy atom. The predicted octanol–water partition coefficient (Wildman–Crippen LogP) is 4.52. The van der Waals surface area contributed by atoms with Crippen LogP contribution in [0.3, 0.4) is 0 Å². The van der Waals surface area contributed by atoms with E-state index in [1.165, 1.54) is 34.5 Å². The number of nitrogens with zero attached hydrogens (tertiary/aromatic N) is 3. The van der Waals surface area contributed by atoms with Gasteiger partial charge >= 0.3 is 0 Å². The van der Waals surface area contributed by atoms with Gasteiger partial charge in [0.05, 0.1) is 15.1 Å². The molecule has 1 saturated heterocycles. The van der Waals surface area contributed by atoms with E-state index in [1.807, 2.05) is 0 Å². The van der Waals surface area contributed by atoms with Crippen molar-refractivity contribution >= 4 is 60.7 Å². The third kappa shape index (κ3) is 7.04. The average molecular weight is 590 g/mol. The topological polar surface area (TPSA) is 94.6 Å². The minimum absolute atomic E-state index is 0. The van der Waals surface area contributed by atoms with Crippen LogP contribution in [0, 0.1) is 12.7 Å². The number of anilines is 2. The Bertz CT molecular complexity index is 1540. The molecule has 1 aliphatic heterocycles. The number of hydrogen-bond donors (Lipinski definition) is 2. The quantitative estimate of drug-likeness (QED) is 0.314. The molecule has 0 bridgehead atoms. The van der Waals surface area contributed by atoms with Crippen molar-refractivity contribution in [3.63, 3.8) is 0 Å². The number of aromatic nitrogens is 1. The summed E-state index contributed by atoms with van der Waals surface area (Å²) in [5.74, 6) is -0.734. The number of hydrogen-bond acceptors (Lipinski definition) is 7. The number of amides is 1. The van der Waals surface area contributed by atoms with Crippen LogP contribution < -0.4 is 14.9 Å². The molecule has 0 saturated carbocycles. The van der Waals surface area contributed by atoms with Gasteiger partial charge in [0.1, 0.15) is 5.82 Å². The van der Waals surface area contributed by atoms with Crippen LogP contribution >= 0.6 is 23.7 Å². The number of fused-ring (bicyclic) bond motifs is 1. The second-order valence-corrected chi connectivity index (χ2v) is 11.9. The predicted molar refractivity (Wildman–Crippen MR) is 156 cm³/mol. The molecule has 2 heterocycles. The van der Waals surface area contributed by atoms with E-state index in [2.05, 4.69) is 45.0 Å². The van der Waals surface area contributed by atoms with E-state index in [4.69, 9.17) is 4.98 Å². The van der Waals surface area contributed by atoms with Crippen LogP contribution in [0.15, 0.2) is 71.6 Å². The van der Waals surface area contributed by atoms with Crippen LogP contribution in [0.25, 0.3) is 10.2 Å². The minimum atomic E-state index is -3.85. The van der Waals surface area contributed by atoms with Crippen LogP contribution in [0.1, 0.15) is 15.9 Å². The van der Waals surface area contributed by atoms with Crippen molar-refractivity contribution in [3.05, 3.63) is 83.7 Å². The Balaban J connectivity index is 0.00000353. The number of sulfonamides is 1. The molecule has 39 heavy (non-hydrogen) atoms. The molecule has 0 aliphatic carbocycles. The van der Waals surface area contributed by atoms with Gasteiger partial charge in [-0.15, -0.1) is 12.4 Å². The Labute approximate surface area is 237 Å². The van der Waals surface area contributed by atoms with Gasteiger partial charge in [-0.3, -0.25) is 14.4 Å². The highest BCUT2D eigenvalue weighted by Gasteiger charge is 2.20. The van der Waals surface area contributed by atoms with Crippen molar-refractivity contribution in [1.29, 1.82) is 0 Å². The summed E-state index contributed by atoms with van der Waals surface area (Å²) in [5, 5.41) is 3.99. The smallest absolute Gasteiger partial charge is 0.261 e. The highest BCUT2D eigenvalue weighted by atomic mass is 35.5. The van der Waals surface area contributed by atoms with Gasteiger partial charge in [-0.25, -0.2) is 17.8 Å². The third-order valence-electron chi connectivity index (χ3n) is 6.41. The summed E-state index contributed by atoms with van der Waals surface area (Å²) < 4.78 is 41.6. The van der Waals surface area contributed by atoms with Gasteiger partial charge in [0, 0.05) is 50.5 Å². The number of benzene rings is 3. The van der Waals surface area contributed by atoms with Crippen LogP contribution in [0.2, 0.25) is 0 Å². The van der Waals surface area contributed by atoms with Crippen LogP contribution in [-0.2, 0) is 10.0 Å². The second-order valence-electron chi connectivity index (χ2n) is 9.19. The lowest BCUT2D eigenvalue weighted by atomic mass is 10.2. The molecule has 2 N–H and O–H groups in total. The van der Waals surface area contributed by atoms with Crippen LogP contribution in [-0.4, -0.2) is 63.5 Å². The second kappa shape index (κ2) is 12.3. The fourth-order valence-electron chi connectivity index (χ4n) is 4.26. The molecule has 1 aromatic heterocycles. The van der Waals surface area contributed by atoms with E-state index < -0.39 is 15.8 Å². The number of rotatable bonds is 8. The molecule has 206 valence electrons. The summed E-state index contributed by atoms with van der Waals surface area (Å²) in [5.41, 5.74) is 3.03. The number of nitrogens with one attached hydrogen (secondary N) is 2. The molecule has 0 atom stereocenters. The molecule has 5 rings (SSSR count). The van der Waals surface area contributed by atoms with E-state index in [0.717, 1.165) is 55.5 Å². The zero-order valence-electron chi connectivity index (χ0n) is 21.3. The monoisotopic (exact) mass is 589 g/mol. The molecule has 4 aromatic rings. The van der Waals surface area contributed by atoms with Gasteiger partial charge in [0.15, 0.2) is 5.13 Å². The summed E-state index contributed by atoms with van der Waals surface area (Å²) in [6.07, 6.45) is 0. The fraction of sp³-hybridized carbons (Fsp3) is 0.259. The zero-order valence-corrected chi connectivity index (χ0v) is 23.7. The molecule has 1 amide bonds. The van der Waals surface area contributed by atoms with Crippen LogP contribution in [0.5, 0.6) is 0 Å². The Morgan fingerprint density at radius 3 is 2.38 bits per heavy atom. The number of piperazine rings is 1. The summed E-state index contributed by atoms with van der Waals surface area (Å²) in [6, 6.07) is 17.1. The molecule has 0 radical (unpaired) electrons. The van der Waals surface area contributed by atoms with E-state index in [-0.39, 0.29) is 23.2 Å². The third-order valence-corrected chi connectivity index (χ3v) is 8.89. The van der Waals surface area contributed by atoms with Crippen molar-refractivity contribution in [3.8, 4) is 0 Å². The molecule has 3 aromatic carbocycles. The number of thiazole rings is 1. The van der Waals surface area contributed by atoms with Gasteiger partial charge in [-0.05, 0) is 73.2 Å². The Hall–Kier alpha value is -3.25. The van der Waals surface area contributed by atoms with Gasteiger partial charge in [-0.1, -0.05) is 17.4 Å². The number of carbonyl (C=O) groups is 1. The Kier molecular flexibility index (Phi) is 9.06. The molecule has 0 unspecified atom stereocenters. The van der Waals surface area contributed by atoms with E-state index in [1.54, 1.807) is 23.5 Å². The van der Waals surface area contributed by atoms with Gasteiger partial charge in [-0.2, -0.15) is 0 Å². The molecule has 8 nitrogen and oxygen atoms in total. The van der Waals surface area contributed by atoms with Crippen molar-refractivity contribution in [2.24, 2.45) is 0 Å². The van der Waals surface area contributed by atoms with Crippen LogP contribution in [0.4, 0.5) is 15.2 Å². The zero-order chi connectivity index (χ0) is 26.7. The summed E-state index contributed by atoms with van der Waals surface area (Å²) in [7, 11) is -3.85. The standard InChI is InChI=1S/C27H28FN5O3S2.ClH/c1-19-2-11-24-25(18-19)37-27(30-24)33-16-14-32(15-17-33)13-12-29-26(34)20-3-7-22(8-4-20)31-38(35,36)23-9-5-21(28)6-10-23;/h2-11,18,31H,12-17H2,1H3,(H,29,34);1H. The lowest BCUT2D eigenvalue weighted by Gasteiger charge is -2.34. The molecular formula is C27H29ClFN5O3S2. The SMILES string of the molecule is Cc1ccc2nc(N3CCN(CCNC(=O)c4ccc(NS(=O)(=O)c5ccc(F)cc5)cc4)CC3)sc2c1.Cl. The summed E-state index contributed by atoms with van der Waals surface area (Å²) in [4.78, 5) is 21.9. The first-order valence-electron chi connectivity index (χ1n) is 12.3. The largest absolute Gasteiger partial charge is 0.351 e. The highest BCUT2D eigenvalue weighted by Crippen LogP contribution is 2.30. The minimum Gasteiger partial charge on any atom is -0.351 e. The van der Waals surface area contributed by atoms with E-state index >= 15 is 0 Å². The van der Waals surface area contributed by atoms with E-state index in [9.17, 15) is 17.6 Å². The maximum Gasteiger partial charge on any atom is 0.261 e. The molecule has 1 aliphatic rings. The lowest BCUT2D eigenvalue weighted by Crippen LogP contribution is -2.48. The molecule has 0 spiro atoms. The first-order chi connectivity index (χ1) is 18.3. The van der Waals surface area contributed by atoms with Crippen molar-refractivity contribution in [2.45, 2.75) is 11.8 Å². The maximum absolute atomic E-state index is 13.1. The van der Waals surface area contributed by atoms with Gasteiger partial charge in [0.25, 0.3) is 15.9 Å². The first kappa shape index (κ1) is 28.8. The number of carbonyl (C=O) groups excluding carboxylic acids is 1. The van der Waals surface area contributed by atoms with Crippen molar-refractivity contribution in [1.82, 2.24) is 15.2 Å². The Morgan fingerprint density at radius 2 is 1.69 bits per heavy atom. The summed E-state index contributed by atoms with van der Waals surface area (Å²) >= 11 is 1.73. The normalized spacial score (nSPS) is 14.2. The van der Waals surface area contributed by atoms with Gasteiger partial charge in [0.2, 0.25) is 0 Å². The first-order valence-corrected chi connectivity index (χ1v) is 14.6. The summed E-state index contributed by atoms with van der Waals surface area (Å²) in [6.45, 7) is 6.92. The maximum atomic E-state index is 13.1. The number of halogens is 2. The lowest BCUT2D eigenvalue weighted by molar-refractivity contribution is 0.0948. The average Bonchev–Trinajstić information content (AvgIpc) is 3.33.